The smallest absolute Gasteiger partial charge is 0.343 e. The summed E-state index contributed by atoms with van der Waals surface area (Å²) in [6, 6.07) is 0.757. The molecule has 0 bridgehead atoms. The molecular weight excluding hydrogens is 471 g/mol. The summed E-state index contributed by atoms with van der Waals surface area (Å²) in [5, 5.41) is 2.50. The summed E-state index contributed by atoms with van der Waals surface area (Å²) in [6.45, 7) is 3.74. The molecule has 3 aromatic rings. The number of carbonyl (C=O) groups is 1. The predicted molar refractivity (Wildman–Crippen MR) is 118 cm³/mol. The molecular formula is C23H21F5N6O. The van der Waals surface area contributed by atoms with Gasteiger partial charge in [0.05, 0.1) is 5.56 Å². The second-order valence-electron chi connectivity index (χ2n) is 8.38. The maximum absolute atomic E-state index is 14.6. The first-order chi connectivity index (χ1) is 16.6. The molecule has 0 saturated carbocycles. The molecule has 0 aliphatic carbocycles. The van der Waals surface area contributed by atoms with Crippen LogP contribution in [-0.4, -0.2) is 44.6 Å². The fourth-order valence-electron chi connectivity index (χ4n) is 3.89. The van der Waals surface area contributed by atoms with E-state index in [-0.39, 0.29) is 53.6 Å². The molecule has 0 spiro atoms. The Hall–Kier alpha value is -3.70. The molecule has 184 valence electrons. The molecule has 1 atom stereocenters. The van der Waals surface area contributed by atoms with Gasteiger partial charge in [-0.05, 0) is 31.0 Å². The van der Waals surface area contributed by atoms with Crippen LogP contribution >= 0.6 is 0 Å². The number of aromatic nitrogens is 4. The van der Waals surface area contributed by atoms with Gasteiger partial charge in [0.1, 0.15) is 41.2 Å². The van der Waals surface area contributed by atoms with E-state index in [1.54, 1.807) is 0 Å². The number of nitrogens with zero attached hydrogens (tertiary/aromatic N) is 5. The third kappa shape index (κ3) is 5.05. The molecule has 7 nitrogen and oxygen atoms in total. The Morgan fingerprint density at radius 2 is 1.83 bits per heavy atom. The highest BCUT2D eigenvalue weighted by atomic mass is 19.4. The Morgan fingerprint density at radius 1 is 1.11 bits per heavy atom. The number of hydrogen-bond acceptors (Lipinski definition) is 6. The van der Waals surface area contributed by atoms with Crippen LogP contribution in [-0.2, 0) is 0 Å². The van der Waals surface area contributed by atoms with Gasteiger partial charge in [0.2, 0.25) is 0 Å². The van der Waals surface area contributed by atoms with Gasteiger partial charge in [0.25, 0.3) is 5.91 Å². The first-order valence-corrected chi connectivity index (χ1v) is 10.8. The van der Waals surface area contributed by atoms with Crippen LogP contribution in [0.25, 0.3) is 11.3 Å². The quantitative estimate of drug-likeness (QED) is 0.498. The number of halogens is 5. The monoisotopic (exact) mass is 492 g/mol. The molecule has 12 heteroatoms. The van der Waals surface area contributed by atoms with Crippen LogP contribution in [0.2, 0.25) is 0 Å². The lowest BCUT2D eigenvalue weighted by atomic mass is 10.1. The van der Waals surface area contributed by atoms with Crippen LogP contribution in [0, 0.1) is 11.6 Å². The Bertz CT molecular complexity index is 1230. The summed E-state index contributed by atoms with van der Waals surface area (Å²) in [7, 11) is 0. The van der Waals surface area contributed by atoms with Crippen molar-refractivity contribution >= 4 is 17.4 Å². The van der Waals surface area contributed by atoms with Gasteiger partial charge in [-0.15, -0.1) is 0 Å². The zero-order valence-electron chi connectivity index (χ0n) is 18.8. The SMILES string of the molecule is CC(C)c1ncc(C(=O)Nc2c(-c3cc(F)ccc3F)ncnc2N2CCC[C@@H]2C(F)(F)F)cn1. The zero-order valence-corrected chi connectivity index (χ0v) is 18.8. The summed E-state index contributed by atoms with van der Waals surface area (Å²) in [5.74, 6) is -2.16. The third-order valence-electron chi connectivity index (χ3n) is 5.60. The summed E-state index contributed by atoms with van der Waals surface area (Å²) < 4.78 is 69.7. The van der Waals surface area contributed by atoms with Gasteiger partial charge in [0.15, 0.2) is 5.82 Å². The second-order valence-corrected chi connectivity index (χ2v) is 8.38. The van der Waals surface area contributed by atoms with Gasteiger partial charge in [-0.25, -0.2) is 28.7 Å². The molecule has 1 saturated heterocycles. The van der Waals surface area contributed by atoms with Crippen LogP contribution < -0.4 is 10.2 Å². The van der Waals surface area contributed by atoms with E-state index in [1.165, 1.54) is 12.4 Å². The zero-order chi connectivity index (χ0) is 25.3. The molecule has 3 heterocycles. The number of alkyl halides is 3. The molecule has 0 radical (unpaired) electrons. The Balaban J connectivity index is 1.82. The average molecular weight is 492 g/mol. The predicted octanol–water partition coefficient (Wildman–Crippen LogP) is 5.12. The first kappa shape index (κ1) is 24.4. The maximum Gasteiger partial charge on any atom is 0.408 e. The van der Waals surface area contributed by atoms with Crippen molar-refractivity contribution in [3.63, 3.8) is 0 Å². The standard InChI is InChI=1S/C23H21F5N6O/c1-12(2)20-29-9-13(10-30-20)22(35)33-19-18(15-8-14(24)5-6-16(15)25)31-11-32-21(19)34-7-3-4-17(34)23(26,27)28/h5-6,8-12,17H,3-4,7H2,1-2H3,(H,33,35)/t17-/m1/s1. The average Bonchev–Trinajstić information content (AvgIpc) is 3.31. The van der Waals surface area contributed by atoms with Crippen molar-refractivity contribution in [1.29, 1.82) is 0 Å². The number of nitrogens with one attached hydrogen (secondary N) is 1. The van der Waals surface area contributed by atoms with Crippen molar-refractivity contribution in [1.82, 2.24) is 19.9 Å². The van der Waals surface area contributed by atoms with E-state index in [4.69, 9.17) is 0 Å². The summed E-state index contributed by atoms with van der Waals surface area (Å²) in [6.07, 6.45) is -0.995. The number of benzene rings is 1. The van der Waals surface area contributed by atoms with Gasteiger partial charge < -0.3 is 10.2 Å². The van der Waals surface area contributed by atoms with E-state index in [9.17, 15) is 26.7 Å². The van der Waals surface area contributed by atoms with Gasteiger partial charge in [0, 0.05) is 30.4 Å². The van der Waals surface area contributed by atoms with Crippen molar-refractivity contribution in [3.05, 3.63) is 59.9 Å². The minimum atomic E-state index is -4.56. The summed E-state index contributed by atoms with van der Waals surface area (Å²) >= 11 is 0. The molecule has 1 fully saturated rings. The van der Waals surface area contributed by atoms with Gasteiger partial charge in [-0.1, -0.05) is 13.8 Å². The van der Waals surface area contributed by atoms with E-state index < -0.39 is 29.8 Å². The minimum Gasteiger partial charge on any atom is -0.343 e. The van der Waals surface area contributed by atoms with Crippen molar-refractivity contribution in [2.24, 2.45) is 0 Å². The number of hydrogen-bond donors (Lipinski definition) is 1. The summed E-state index contributed by atoms with van der Waals surface area (Å²) in [4.78, 5) is 30.2. The van der Waals surface area contributed by atoms with Crippen molar-refractivity contribution < 1.29 is 26.7 Å². The topological polar surface area (TPSA) is 83.9 Å². The van der Waals surface area contributed by atoms with Crippen LogP contribution in [0.3, 0.4) is 0 Å². The molecule has 2 aromatic heterocycles. The highest BCUT2D eigenvalue weighted by Crippen LogP contribution is 2.41. The molecule has 1 aromatic carbocycles. The van der Waals surface area contributed by atoms with Crippen LogP contribution in [0.15, 0.2) is 36.9 Å². The van der Waals surface area contributed by atoms with Crippen molar-refractivity contribution in [2.45, 2.75) is 44.8 Å². The normalized spacial score (nSPS) is 16.1. The number of amides is 1. The van der Waals surface area contributed by atoms with Gasteiger partial charge in [-0.3, -0.25) is 4.79 Å². The highest BCUT2D eigenvalue weighted by molar-refractivity contribution is 6.07. The lowest BCUT2D eigenvalue weighted by Crippen LogP contribution is -2.42. The minimum absolute atomic E-state index is 0.00132. The van der Waals surface area contributed by atoms with Gasteiger partial charge in [-0.2, -0.15) is 13.2 Å². The second kappa shape index (κ2) is 9.51. The highest BCUT2D eigenvalue weighted by Gasteiger charge is 2.47. The van der Waals surface area contributed by atoms with Crippen LogP contribution in [0.5, 0.6) is 0 Å². The number of rotatable bonds is 5. The van der Waals surface area contributed by atoms with Crippen molar-refractivity contribution in [2.75, 3.05) is 16.8 Å². The van der Waals surface area contributed by atoms with E-state index in [1.807, 2.05) is 13.8 Å². The van der Waals surface area contributed by atoms with E-state index in [2.05, 4.69) is 25.3 Å². The van der Waals surface area contributed by atoms with E-state index in [0.29, 0.717) is 5.82 Å². The fourth-order valence-corrected chi connectivity index (χ4v) is 3.89. The molecule has 0 unspecified atom stereocenters. The number of anilines is 2. The summed E-state index contributed by atoms with van der Waals surface area (Å²) in [5.41, 5.74) is -0.847. The van der Waals surface area contributed by atoms with E-state index in [0.717, 1.165) is 29.4 Å². The molecule has 4 rings (SSSR count). The molecule has 1 amide bonds. The van der Waals surface area contributed by atoms with Crippen molar-refractivity contribution in [3.8, 4) is 11.3 Å². The molecule has 35 heavy (non-hydrogen) atoms. The van der Waals surface area contributed by atoms with E-state index >= 15 is 0 Å². The molecule has 1 N–H and O–H groups in total. The molecule has 1 aliphatic rings. The van der Waals surface area contributed by atoms with Gasteiger partial charge >= 0.3 is 6.18 Å². The Morgan fingerprint density at radius 3 is 2.49 bits per heavy atom. The fraction of sp³-hybridized carbons (Fsp3) is 0.348. The molecule has 1 aliphatic heterocycles. The lowest BCUT2D eigenvalue weighted by molar-refractivity contribution is -0.146. The van der Waals surface area contributed by atoms with Crippen LogP contribution in [0.1, 0.15) is 48.8 Å². The van der Waals surface area contributed by atoms with Crippen LogP contribution in [0.4, 0.5) is 33.5 Å². The third-order valence-corrected chi connectivity index (χ3v) is 5.60. The lowest BCUT2D eigenvalue weighted by Gasteiger charge is -2.29. The number of carbonyl (C=O) groups excluding carboxylic acids is 1. The largest absolute Gasteiger partial charge is 0.408 e. The Kier molecular flexibility index (Phi) is 6.64. The first-order valence-electron chi connectivity index (χ1n) is 10.8. The maximum atomic E-state index is 14.6. The Labute approximate surface area is 197 Å².